The summed E-state index contributed by atoms with van der Waals surface area (Å²) in [6.07, 6.45) is 0. The van der Waals surface area contributed by atoms with Gasteiger partial charge in [-0.05, 0) is 29.8 Å². The molecule has 0 atom stereocenters. The van der Waals surface area contributed by atoms with E-state index in [1.54, 1.807) is 66.7 Å². The number of furan rings is 1. The fourth-order valence-electron chi connectivity index (χ4n) is 3.79. The summed E-state index contributed by atoms with van der Waals surface area (Å²) in [5.74, 6) is -0.0263. The second-order valence-corrected chi connectivity index (χ2v) is 10.1. The van der Waals surface area contributed by atoms with Crippen molar-refractivity contribution < 1.29 is 30.0 Å². The molecule has 0 fully saturated rings. The van der Waals surface area contributed by atoms with Crippen molar-refractivity contribution in [2.75, 3.05) is 0 Å². The van der Waals surface area contributed by atoms with Crippen LogP contribution in [0.2, 0.25) is 0 Å². The molecule has 7 nitrogen and oxygen atoms in total. The number of benzene rings is 4. The molecule has 5 aromatic rings. The van der Waals surface area contributed by atoms with E-state index < -0.39 is 30.0 Å². The molecule has 4 aromatic carbocycles. The molecule has 9 heteroatoms. The van der Waals surface area contributed by atoms with Crippen molar-refractivity contribution in [2.24, 2.45) is 0 Å². The molecule has 0 radical (unpaired) electrons. The lowest BCUT2D eigenvalue weighted by atomic mass is 10.1. The number of rotatable bonds is 5. The van der Waals surface area contributed by atoms with E-state index in [9.17, 15) is 21.4 Å². The van der Waals surface area contributed by atoms with Crippen molar-refractivity contribution in [1.82, 2.24) is 0 Å². The zero-order chi connectivity index (χ0) is 23.2. The summed E-state index contributed by atoms with van der Waals surface area (Å²) >= 11 is 0. The number of fused-ring (bicyclic) bond motifs is 3. The molecule has 0 aliphatic carbocycles. The Labute approximate surface area is 189 Å². The normalized spacial score (nSPS) is 12.3. The van der Waals surface area contributed by atoms with Crippen molar-refractivity contribution >= 4 is 42.2 Å². The van der Waals surface area contributed by atoms with E-state index in [1.165, 1.54) is 18.2 Å². The van der Waals surface area contributed by atoms with E-state index in [2.05, 4.69) is 0 Å². The second-order valence-electron chi connectivity index (χ2n) is 7.24. The van der Waals surface area contributed by atoms with E-state index in [4.69, 9.17) is 8.60 Å². The highest BCUT2D eigenvalue weighted by molar-refractivity contribution is 7.89. The summed E-state index contributed by atoms with van der Waals surface area (Å²) in [5.41, 5.74) is 1.48. The molecular formula is C24H16O7S2. The third-order valence-electron chi connectivity index (χ3n) is 5.16. The highest BCUT2D eigenvalue weighted by atomic mass is 32.2. The first-order valence-electron chi connectivity index (χ1n) is 9.76. The first kappa shape index (κ1) is 21.2. The average molecular weight is 481 g/mol. The van der Waals surface area contributed by atoms with Crippen LogP contribution in [-0.4, -0.2) is 21.4 Å². The quantitative estimate of drug-likeness (QED) is 0.269. The molecule has 166 valence electrons. The molecule has 33 heavy (non-hydrogen) atoms. The Bertz CT molecular complexity index is 1720. The maximum absolute atomic E-state index is 13.5. The maximum atomic E-state index is 13.5. The Morgan fingerprint density at radius 3 is 2.12 bits per heavy atom. The van der Waals surface area contributed by atoms with E-state index in [-0.39, 0.29) is 11.3 Å². The summed E-state index contributed by atoms with van der Waals surface area (Å²) in [6.45, 7) is 0. The molecule has 0 unspecified atom stereocenters. The minimum absolute atomic E-state index is 0.0263. The summed E-state index contributed by atoms with van der Waals surface area (Å²) in [6, 6.07) is 24.0. The number of hydrogen-bond donors (Lipinski definition) is 1. The Balaban J connectivity index is 1.76. The van der Waals surface area contributed by atoms with Crippen LogP contribution in [0.25, 0.3) is 33.1 Å². The van der Waals surface area contributed by atoms with Crippen LogP contribution in [-0.2, 0) is 20.2 Å². The van der Waals surface area contributed by atoms with Crippen LogP contribution in [0, 0.1) is 0 Å². The Hall–Kier alpha value is -3.66. The van der Waals surface area contributed by atoms with Crippen molar-refractivity contribution in [3.05, 3.63) is 91.0 Å². The maximum Gasteiger partial charge on any atom is 0.341 e. The van der Waals surface area contributed by atoms with Crippen LogP contribution in [0.4, 0.5) is 0 Å². The summed E-state index contributed by atoms with van der Waals surface area (Å²) in [4.78, 5) is -1.42. The molecule has 1 aromatic heterocycles. The van der Waals surface area contributed by atoms with Gasteiger partial charge in [-0.25, -0.2) is 0 Å². The topological polar surface area (TPSA) is 111 Å². The molecule has 0 bridgehead atoms. The van der Waals surface area contributed by atoms with E-state index in [1.807, 2.05) is 0 Å². The lowest BCUT2D eigenvalue weighted by molar-refractivity contribution is 0.470. The molecule has 1 heterocycles. The Kier molecular flexibility index (Phi) is 4.97. The molecular weight excluding hydrogens is 464 g/mol. The van der Waals surface area contributed by atoms with Gasteiger partial charge >= 0.3 is 10.1 Å². The van der Waals surface area contributed by atoms with Crippen molar-refractivity contribution in [2.45, 2.75) is 9.79 Å². The smallest absolute Gasteiger partial charge is 0.341 e. The molecule has 1 N–H and O–H groups in total. The molecule has 0 saturated heterocycles. The van der Waals surface area contributed by atoms with Gasteiger partial charge in [0.05, 0.1) is 5.39 Å². The minimum Gasteiger partial charge on any atom is -0.456 e. The van der Waals surface area contributed by atoms with Gasteiger partial charge in [0.15, 0.2) is 5.75 Å². The highest BCUT2D eigenvalue weighted by Crippen LogP contribution is 2.39. The summed E-state index contributed by atoms with van der Waals surface area (Å²) in [5, 5.41) is 1.08. The van der Waals surface area contributed by atoms with Crippen LogP contribution in [0.15, 0.2) is 105 Å². The number of para-hydroxylation sites is 1. The first-order chi connectivity index (χ1) is 15.8. The van der Waals surface area contributed by atoms with Gasteiger partial charge in [0, 0.05) is 10.9 Å². The van der Waals surface area contributed by atoms with E-state index in [0.717, 1.165) is 6.07 Å². The minimum atomic E-state index is -4.88. The molecule has 0 aliphatic heterocycles. The zero-order valence-corrected chi connectivity index (χ0v) is 18.5. The first-order valence-corrected chi connectivity index (χ1v) is 12.6. The summed E-state index contributed by atoms with van der Waals surface area (Å²) < 4.78 is 72.3. The highest BCUT2D eigenvalue weighted by Gasteiger charge is 2.31. The standard InChI is InChI=1S/C24H16O7S2/c25-32(26,27)22-15-6-11-17(16-8-2-1-3-9-16)24(22)33(28,29)31-21-14-7-13-20-23(21)18-10-4-5-12-19(18)30-20/h1-15H,(H,25,26,27). The fourth-order valence-corrected chi connectivity index (χ4v) is 6.24. The third kappa shape index (κ3) is 3.76. The lowest BCUT2D eigenvalue weighted by Gasteiger charge is -2.15. The van der Waals surface area contributed by atoms with Gasteiger partial charge in [-0.2, -0.15) is 16.8 Å². The van der Waals surface area contributed by atoms with Gasteiger partial charge in [0.25, 0.3) is 10.1 Å². The van der Waals surface area contributed by atoms with Crippen LogP contribution < -0.4 is 4.18 Å². The van der Waals surface area contributed by atoms with Crippen molar-refractivity contribution in [1.29, 1.82) is 0 Å². The Morgan fingerprint density at radius 2 is 1.36 bits per heavy atom. The zero-order valence-electron chi connectivity index (χ0n) is 16.9. The van der Waals surface area contributed by atoms with Gasteiger partial charge in [0.2, 0.25) is 0 Å². The second kappa shape index (κ2) is 7.73. The largest absolute Gasteiger partial charge is 0.456 e. The molecule has 0 amide bonds. The molecule has 0 saturated carbocycles. The van der Waals surface area contributed by atoms with Crippen molar-refractivity contribution in [3.8, 4) is 16.9 Å². The van der Waals surface area contributed by atoms with Gasteiger partial charge in [-0.15, -0.1) is 0 Å². The predicted octanol–water partition coefficient (Wildman–Crippen LogP) is 5.27. The van der Waals surface area contributed by atoms with Gasteiger partial charge in [-0.3, -0.25) is 4.55 Å². The van der Waals surface area contributed by atoms with E-state index in [0.29, 0.717) is 27.5 Å². The monoisotopic (exact) mass is 480 g/mol. The van der Waals surface area contributed by atoms with Crippen LogP contribution >= 0.6 is 0 Å². The fraction of sp³-hybridized carbons (Fsp3) is 0. The molecule has 5 rings (SSSR count). The SMILES string of the molecule is O=S(=O)(O)c1cccc(-c2ccccc2)c1S(=O)(=O)Oc1cccc2oc3ccccc3c12. The van der Waals surface area contributed by atoms with Gasteiger partial charge < -0.3 is 8.60 Å². The van der Waals surface area contributed by atoms with Gasteiger partial charge in [-0.1, -0.05) is 66.7 Å². The van der Waals surface area contributed by atoms with E-state index >= 15 is 0 Å². The van der Waals surface area contributed by atoms with Crippen molar-refractivity contribution in [3.63, 3.8) is 0 Å². The van der Waals surface area contributed by atoms with Crippen LogP contribution in [0.3, 0.4) is 0 Å². The van der Waals surface area contributed by atoms with Crippen LogP contribution in [0.5, 0.6) is 5.75 Å². The lowest BCUT2D eigenvalue weighted by Crippen LogP contribution is -2.16. The predicted molar refractivity (Wildman–Crippen MR) is 123 cm³/mol. The molecule has 0 aliphatic rings. The summed E-state index contributed by atoms with van der Waals surface area (Å²) in [7, 11) is -9.61. The Morgan fingerprint density at radius 1 is 0.697 bits per heavy atom. The molecule has 0 spiro atoms. The van der Waals surface area contributed by atoms with Crippen LogP contribution in [0.1, 0.15) is 0 Å². The third-order valence-corrected chi connectivity index (χ3v) is 7.52. The number of hydrogen-bond acceptors (Lipinski definition) is 6. The average Bonchev–Trinajstić information content (AvgIpc) is 3.18. The van der Waals surface area contributed by atoms with Gasteiger partial charge in [0.1, 0.15) is 21.0 Å².